The molecule has 0 amide bonds. The van der Waals surface area contributed by atoms with Gasteiger partial charge in [0.15, 0.2) is 0 Å². The van der Waals surface area contributed by atoms with Crippen LogP contribution in [0.25, 0.3) is 121 Å². The number of hydrogen-bond donors (Lipinski definition) is 0. The topological polar surface area (TPSA) is 43.5 Å². The molecule has 5 nitrogen and oxygen atoms in total. The van der Waals surface area contributed by atoms with Crippen molar-refractivity contribution < 1.29 is 0 Å². The fraction of sp³-hybridized carbons (Fsp3) is 0. The lowest BCUT2D eigenvalue weighted by atomic mass is 9.96. The van der Waals surface area contributed by atoms with Crippen LogP contribution in [-0.4, -0.2) is 18.3 Å². The van der Waals surface area contributed by atoms with Crippen molar-refractivity contribution in [1.29, 1.82) is 5.26 Å². The molecule has 0 atom stereocenters. The van der Waals surface area contributed by atoms with Gasteiger partial charge >= 0.3 is 0 Å². The molecule has 0 saturated carbocycles. The van der Waals surface area contributed by atoms with Crippen molar-refractivity contribution in [1.82, 2.24) is 18.3 Å². The van der Waals surface area contributed by atoms with E-state index < -0.39 is 0 Å². The first-order valence-corrected chi connectivity index (χ1v) is 22.4. The number of nitriles is 1. The zero-order chi connectivity index (χ0) is 43.5. The molecule has 0 saturated heterocycles. The van der Waals surface area contributed by atoms with Gasteiger partial charge in [0, 0.05) is 48.7 Å². The van der Waals surface area contributed by atoms with E-state index in [1.54, 1.807) is 0 Å². The summed E-state index contributed by atoms with van der Waals surface area (Å²) in [4.78, 5) is 0. The molecule has 0 spiro atoms. The van der Waals surface area contributed by atoms with Crippen LogP contribution < -0.4 is 0 Å². The molecule has 0 aliphatic rings. The van der Waals surface area contributed by atoms with E-state index in [1.165, 1.54) is 43.1 Å². The Bertz CT molecular complexity index is 3890. The summed E-state index contributed by atoms with van der Waals surface area (Å²) in [6.45, 7) is 0. The Morgan fingerprint density at radius 3 is 0.773 bits per heavy atom. The standard InChI is InChI=1S/C61H37N5/c62-38-39-33-35-40(36-34-39)59-60(65-53-29-13-5-21-45(53)46-22-6-14-30-54(46)65)57(63-49-25-9-1-17-41(49)42-18-2-10-26-50(42)63)37-58(64-51-27-11-3-19-43(51)44-20-4-12-28-52(44)64)61(59)66-55-31-15-7-23-47(55)48-24-8-16-32-56(48)66/h1-37H. The minimum atomic E-state index is 0.608. The molecule has 0 N–H and O–H groups in total. The molecule has 0 aliphatic carbocycles. The maximum Gasteiger partial charge on any atom is 0.0991 e. The molecule has 10 aromatic carbocycles. The van der Waals surface area contributed by atoms with Gasteiger partial charge in [0.05, 0.1) is 78.5 Å². The molecule has 0 bridgehead atoms. The summed E-state index contributed by atoms with van der Waals surface area (Å²) in [6, 6.07) is 83.5. The minimum Gasteiger partial charge on any atom is -0.307 e. The van der Waals surface area contributed by atoms with Crippen molar-refractivity contribution in [2.75, 3.05) is 0 Å². The summed E-state index contributed by atoms with van der Waals surface area (Å²) >= 11 is 0. The first kappa shape index (κ1) is 36.4. The maximum atomic E-state index is 10.3. The van der Waals surface area contributed by atoms with E-state index in [0.717, 1.165) is 78.0 Å². The molecule has 14 rings (SSSR count). The summed E-state index contributed by atoms with van der Waals surface area (Å²) in [5.41, 5.74) is 15.6. The van der Waals surface area contributed by atoms with E-state index in [1.807, 2.05) is 12.1 Å². The molecule has 0 unspecified atom stereocenters. The number of fused-ring (bicyclic) bond motifs is 12. The van der Waals surface area contributed by atoms with Gasteiger partial charge in [-0.1, -0.05) is 158 Å². The van der Waals surface area contributed by atoms with Crippen molar-refractivity contribution in [3.05, 3.63) is 230 Å². The summed E-state index contributed by atoms with van der Waals surface area (Å²) in [6.07, 6.45) is 0. The van der Waals surface area contributed by atoms with E-state index >= 15 is 0 Å². The summed E-state index contributed by atoms with van der Waals surface area (Å²) in [5.74, 6) is 0. The second-order valence-corrected chi connectivity index (χ2v) is 17.2. The van der Waals surface area contributed by atoms with Gasteiger partial charge < -0.3 is 18.3 Å². The number of benzene rings is 10. The second-order valence-electron chi connectivity index (χ2n) is 17.2. The highest BCUT2D eigenvalue weighted by molar-refractivity contribution is 6.16. The molecule has 4 aromatic heterocycles. The van der Waals surface area contributed by atoms with Crippen molar-refractivity contribution in [2.24, 2.45) is 0 Å². The van der Waals surface area contributed by atoms with Crippen LogP contribution in [0.5, 0.6) is 0 Å². The van der Waals surface area contributed by atoms with Gasteiger partial charge in [0.2, 0.25) is 0 Å². The monoisotopic (exact) mass is 839 g/mol. The zero-order valence-corrected chi connectivity index (χ0v) is 35.6. The first-order valence-electron chi connectivity index (χ1n) is 22.4. The van der Waals surface area contributed by atoms with Crippen LogP contribution in [0.1, 0.15) is 5.56 Å². The lowest BCUT2D eigenvalue weighted by Crippen LogP contribution is -2.13. The van der Waals surface area contributed by atoms with Crippen molar-refractivity contribution in [2.45, 2.75) is 0 Å². The van der Waals surface area contributed by atoms with E-state index in [2.05, 4.69) is 237 Å². The smallest absolute Gasteiger partial charge is 0.0991 e. The Labute approximate surface area is 379 Å². The normalized spacial score (nSPS) is 11.9. The summed E-state index contributed by atoms with van der Waals surface area (Å²) < 4.78 is 9.99. The van der Waals surface area contributed by atoms with Crippen molar-refractivity contribution in [3.63, 3.8) is 0 Å². The third-order valence-corrected chi connectivity index (χ3v) is 13.8. The van der Waals surface area contributed by atoms with Crippen molar-refractivity contribution >= 4 is 87.2 Å². The lowest BCUT2D eigenvalue weighted by Gasteiger charge is -2.28. The van der Waals surface area contributed by atoms with Crippen LogP contribution in [0.3, 0.4) is 0 Å². The number of aromatic nitrogens is 4. The molecular formula is C61H37N5. The Kier molecular flexibility index (Phi) is 7.69. The molecule has 0 fully saturated rings. The number of rotatable bonds is 5. The Morgan fingerprint density at radius 2 is 0.515 bits per heavy atom. The maximum absolute atomic E-state index is 10.3. The average molecular weight is 840 g/mol. The third kappa shape index (κ3) is 4.98. The van der Waals surface area contributed by atoms with Gasteiger partial charge in [-0.15, -0.1) is 0 Å². The Balaban J connectivity index is 1.33. The van der Waals surface area contributed by atoms with Crippen LogP contribution in [0.15, 0.2) is 224 Å². The van der Waals surface area contributed by atoms with Crippen LogP contribution in [0.2, 0.25) is 0 Å². The number of nitrogens with zero attached hydrogens (tertiary/aromatic N) is 5. The zero-order valence-electron chi connectivity index (χ0n) is 35.6. The van der Waals surface area contributed by atoms with E-state index in [9.17, 15) is 5.26 Å². The Morgan fingerprint density at radius 1 is 0.273 bits per heavy atom. The van der Waals surface area contributed by atoms with Crippen LogP contribution in [-0.2, 0) is 0 Å². The fourth-order valence-electron chi connectivity index (χ4n) is 11.1. The predicted octanol–water partition coefficient (Wildman–Crippen LogP) is 15.6. The van der Waals surface area contributed by atoms with Crippen molar-refractivity contribution in [3.8, 4) is 39.9 Å². The lowest BCUT2D eigenvalue weighted by molar-refractivity contribution is 1.05. The van der Waals surface area contributed by atoms with E-state index in [4.69, 9.17) is 0 Å². The summed E-state index contributed by atoms with van der Waals surface area (Å²) in [7, 11) is 0. The number of para-hydroxylation sites is 8. The van der Waals surface area contributed by atoms with Gasteiger partial charge in [0.25, 0.3) is 0 Å². The van der Waals surface area contributed by atoms with E-state index in [-0.39, 0.29) is 0 Å². The largest absolute Gasteiger partial charge is 0.307 e. The second kappa shape index (κ2) is 13.9. The highest BCUT2D eigenvalue weighted by Gasteiger charge is 2.31. The third-order valence-electron chi connectivity index (χ3n) is 13.8. The molecule has 14 aromatic rings. The quantitative estimate of drug-likeness (QED) is 0.170. The minimum absolute atomic E-state index is 0.608. The summed E-state index contributed by atoms with van der Waals surface area (Å²) in [5, 5.41) is 19.7. The first-order chi connectivity index (χ1) is 32.8. The average Bonchev–Trinajstić information content (AvgIpc) is 4.11. The van der Waals surface area contributed by atoms with Gasteiger partial charge in [-0.3, -0.25) is 0 Å². The molecule has 306 valence electrons. The SMILES string of the molecule is N#Cc1ccc(-c2c(-n3c4ccccc4c4ccccc43)c(-n3c4ccccc4c4ccccc43)cc(-n3c4ccccc4c4ccccc43)c2-n2c3ccccc3c3ccccc32)cc1. The molecule has 66 heavy (non-hydrogen) atoms. The molecule has 4 heterocycles. The molecular weight excluding hydrogens is 803 g/mol. The van der Waals surface area contributed by atoms with Gasteiger partial charge in [-0.2, -0.15) is 5.26 Å². The highest BCUT2D eigenvalue weighted by Crippen LogP contribution is 2.50. The molecule has 0 aliphatic heterocycles. The molecule has 5 heteroatoms. The van der Waals surface area contributed by atoms with E-state index in [0.29, 0.717) is 5.56 Å². The van der Waals surface area contributed by atoms with Crippen LogP contribution >= 0.6 is 0 Å². The Hall–Kier alpha value is -9.11. The van der Waals surface area contributed by atoms with Crippen LogP contribution in [0, 0.1) is 11.3 Å². The molecule has 0 radical (unpaired) electrons. The number of hydrogen-bond acceptors (Lipinski definition) is 1. The van der Waals surface area contributed by atoms with Gasteiger partial charge in [0.1, 0.15) is 0 Å². The highest BCUT2D eigenvalue weighted by atomic mass is 15.1. The van der Waals surface area contributed by atoms with Gasteiger partial charge in [-0.25, -0.2) is 0 Å². The predicted molar refractivity (Wildman–Crippen MR) is 274 cm³/mol. The fourth-order valence-corrected chi connectivity index (χ4v) is 11.1. The van der Waals surface area contributed by atoms with Gasteiger partial charge in [-0.05, 0) is 72.3 Å². The van der Waals surface area contributed by atoms with Crippen LogP contribution in [0.4, 0.5) is 0 Å².